The summed E-state index contributed by atoms with van der Waals surface area (Å²) in [7, 11) is 0. The van der Waals surface area contributed by atoms with Crippen LogP contribution in [0.3, 0.4) is 0 Å². The predicted molar refractivity (Wildman–Crippen MR) is 73.6 cm³/mol. The van der Waals surface area contributed by atoms with E-state index in [-0.39, 0.29) is 6.04 Å². The van der Waals surface area contributed by atoms with Crippen LogP contribution >= 0.6 is 0 Å². The first-order valence-electron chi connectivity index (χ1n) is 7.26. The largest absolute Gasteiger partial charge is 0.428 e. The summed E-state index contributed by atoms with van der Waals surface area (Å²) in [6.07, 6.45) is 4.77. The van der Waals surface area contributed by atoms with Gasteiger partial charge in [-0.25, -0.2) is 4.99 Å². The van der Waals surface area contributed by atoms with Crippen molar-refractivity contribution in [3.05, 3.63) is 17.1 Å². The number of nitrogens with zero attached hydrogens (tertiary/aromatic N) is 2. The third-order valence-corrected chi connectivity index (χ3v) is 3.56. The van der Waals surface area contributed by atoms with Crippen molar-refractivity contribution in [2.75, 3.05) is 0 Å². The van der Waals surface area contributed by atoms with Crippen molar-refractivity contribution < 1.29 is 4.42 Å². The average molecular weight is 250 g/mol. The molecular weight excluding hydrogens is 224 g/mol. The van der Waals surface area contributed by atoms with Crippen LogP contribution in [-0.2, 0) is 12.8 Å². The van der Waals surface area contributed by atoms with Crippen LogP contribution < -0.4 is 5.68 Å². The highest BCUT2D eigenvalue weighted by molar-refractivity contribution is 5.13. The quantitative estimate of drug-likeness (QED) is 0.739. The Kier molecular flexibility index (Phi) is 3.98. The first kappa shape index (κ1) is 13.4. The maximum atomic E-state index is 6.06. The number of rotatable bonds is 2. The van der Waals surface area contributed by atoms with E-state index >= 15 is 0 Å². The Morgan fingerprint density at radius 1 is 1.28 bits per heavy atom. The molecule has 1 unspecified atom stereocenters. The van der Waals surface area contributed by atoms with Crippen molar-refractivity contribution in [3.8, 4) is 0 Å². The minimum absolute atomic E-state index is 0.280. The molecule has 0 bridgehead atoms. The van der Waals surface area contributed by atoms with Gasteiger partial charge in [-0.2, -0.15) is 0 Å². The van der Waals surface area contributed by atoms with Crippen LogP contribution in [0.2, 0.25) is 0 Å². The Morgan fingerprint density at radius 3 is 2.61 bits per heavy atom. The van der Waals surface area contributed by atoms with Crippen LogP contribution in [0.4, 0.5) is 0 Å². The molecule has 0 saturated carbocycles. The van der Waals surface area contributed by atoms with E-state index in [9.17, 15) is 0 Å². The average Bonchev–Trinajstić information content (AvgIpc) is 2.45. The topological polar surface area (TPSA) is 30.4 Å². The number of aromatic nitrogens is 1. The highest BCUT2D eigenvalue weighted by Gasteiger charge is 2.22. The maximum Gasteiger partial charge on any atom is 0.297 e. The fraction of sp³-hybridized carbons (Fsp3) is 0.800. The standard InChI is InChI=1S/C15H26N2O/c1-10(2)16-15-17(11(3)4)13-8-6-7-12(5)9-14(13)18-15/h10-12H,6-9H2,1-5H3. The second kappa shape index (κ2) is 5.33. The summed E-state index contributed by atoms with van der Waals surface area (Å²) >= 11 is 0. The van der Waals surface area contributed by atoms with Crippen molar-refractivity contribution in [1.29, 1.82) is 0 Å². The Morgan fingerprint density at radius 2 is 2.00 bits per heavy atom. The summed E-state index contributed by atoms with van der Waals surface area (Å²) in [5.41, 5.74) is 2.20. The zero-order valence-corrected chi connectivity index (χ0v) is 12.4. The van der Waals surface area contributed by atoms with Gasteiger partial charge in [0, 0.05) is 18.5 Å². The lowest BCUT2D eigenvalue weighted by Crippen LogP contribution is -2.22. The van der Waals surface area contributed by atoms with Gasteiger partial charge in [0.05, 0.1) is 5.69 Å². The van der Waals surface area contributed by atoms with Crippen molar-refractivity contribution in [1.82, 2.24) is 4.57 Å². The predicted octanol–water partition coefficient (Wildman–Crippen LogP) is 3.49. The van der Waals surface area contributed by atoms with E-state index in [1.165, 1.54) is 24.3 Å². The van der Waals surface area contributed by atoms with Crippen LogP contribution in [-0.4, -0.2) is 10.6 Å². The SMILES string of the molecule is CC1CCCc2c(oc(=NC(C)C)n2C(C)C)C1. The van der Waals surface area contributed by atoms with Crippen molar-refractivity contribution in [2.24, 2.45) is 10.9 Å². The molecule has 0 spiro atoms. The van der Waals surface area contributed by atoms with Gasteiger partial charge < -0.3 is 4.42 Å². The second-order valence-corrected chi connectivity index (χ2v) is 6.14. The van der Waals surface area contributed by atoms with Gasteiger partial charge in [0.15, 0.2) is 0 Å². The number of hydrogen-bond acceptors (Lipinski definition) is 2. The van der Waals surface area contributed by atoms with E-state index in [0.29, 0.717) is 6.04 Å². The molecule has 1 aliphatic rings. The molecule has 18 heavy (non-hydrogen) atoms. The minimum Gasteiger partial charge on any atom is -0.428 e. The smallest absolute Gasteiger partial charge is 0.297 e. The van der Waals surface area contributed by atoms with Gasteiger partial charge in [-0.05, 0) is 52.9 Å². The van der Waals surface area contributed by atoms with E-state index in [2.05, 4.69) is 44.2 Å². The fourth-order valence-corrected chi connectivity index (χ4v) is 2.77. The molecule has 0 aromatic carbocycles. The molecule has 3 nitrogen and oxygen atoms in total. The summed E-state index contributed by atoms with van der Waals surface area (Å²) in [4.78, 5) is 4.64. The van der Waals surface area contributed by atoms with E-state index in [1.807, 2.05) is 0 Å². The molecular formula is C15H26N2O. The molecule has 0 aliphatic heterocycles. The second-order valence-electron chi connectivity index (χ2n) is 6.14. The Labute approximate surface area is 110 Å². The molecule has 0 amide bonds. The summed E-state index contributed by atoms with van der Waals surface area (Å²) in [5.74, 6) is 1.90. The summed E-state index contributed by atoms with van der Waals surface area (Å²) in [6, 6.07) is 0.700. The molecule has 1 aromatic heterocycles. The first-order chi connectivity index (χ1) is 8.49. The van der Waals surface area contributed by atoms with Crippen LogP contribution in [0.15, 0.2) is 9.41 Å². The highest BCUT2D eigenvalue weighted by Crippen LogP contribution is 2.25. The fourth-order valence-electron chi connectivity index (χ4n) is 2.77. The lowest BCUT2D eigenvalue weighted by Gasteiger charge is -2.10. The Bertz CT molecular complexity index is 465. The normalized spacial score (nSPS) is 21.5. The van der Waals surface area contributed by atoms with Crippen molar-refractivity contribution in [2.45, 2.75) is 72.4 Å². The number of fused-ring (bicyclic) bond motifs is 1. The molecule has 0 radical (unpaired) electrons. The molecule has 3 heteroatoms. The molecule has 2 rings (SSSR count). The monoisotopic (exact) mass is 250 g/mol. The van der Waals surface area contributed by atoms with Crippen LogP contribution in [0.1, 0.15) is 65.0 Å². The first-order valence-corrected chi connectivity index (χ1v) is 7.26. The van der Waals surface area contributed by atoms with E-state index < -0.39 is 0 Å². The van der Waals surface area contributed by atoms with E-state index in [1.54, 1.807) is 0 Å². The van der Waals surface area contributed by atoms with E-state index in [4.69, 9.17) is 4.42 Å². The summed E-state index contributed by atoms with van der Waals surface area (Å²) in [5, 5.41) is 0. The van der Waals surface area contributed by atoms with Gasteiger partial charge in [-0.1, -0.05) is 6.92 Å². The molecule has 1 heterocycles. The lowest BCUT2D eigenvalue weighted by molar-refractivity contribution is 0.382. The van der Waals surface area contributed by atoms with Crippen LogP contribution in [0.25, 0.3) is 0 Å². The molecule has 1 atom stereocenters. The van der Waals surface area contributed by atoms with Crippen molar-refractivity contribution >= 4 is 0 Å². The van der Waals surface area contributed by atoms with E-state index in [0.717, 1.165) is 24.4 Å². The molecule has 1 aliphatic carbocycles. The molecule has 1 aromatic rings. The molecule has 0 saturated heterocycles. The molecule has 0 fully saturated rings. The third-order valence-electron chi connectivity index (χ3n) is 3.56. The minimum atomic E-state index is 0.280. The van der Waals surface area contributed by atoms with Gasteiger partial charge in [0.2, 0.25) is 0 Å². The van der Waals surface area contributed by atoms with Crippen LogP contribution in [0.5, 0.6) is 0 Å². The zero-order valence-electron chi connectivity index (χ0n) is 12.4. The van der Waals surface area contributed by atoms with Gasteiger partial charge in [-0.3, -0.25) is 4.57 Å². The third kappa shape index (κ3) is 2.70. The van der Waals surface area contributed by atoms with Crippen LogP contribution in [0, 0.1) is 5.92 Å². The lowest BCUT2D eigenvalue weighted by atomic mass is 10.0. The number of oxazole rings is 1. The summed E-state index contributed by atoms with van der Waals surface area (Å²) < 4.78 is 8.36. The van der Waals surface area contributed by atoms with Gasteiger partial charge >= 0.3 is 0 Å². The van der Waals surface area contributed by atoms with Gasteiger partial charge in [0.25, 0.3) is 5.68 Å². The molecule has 0 N–H and O–H groups in total. The Hall–Kier alpha value is -0.990. The zero-order chi connectivity index (χ0) is 13.3. The molecule has 102 valence electrons. The maximum absolute atomic E-state index is 6.06. The highest BCUT2D eigenvalue weighted by atomic mass is 16.4. The van der Waals surface area contributed by atoms with Gasteiger partial charge in [-0.15, -0.1) is 0 Å². The summed E-state index contributed by atoms with van der Waals surface area (Å²) in [6.45, 7) is 10.9. The van der Waals surface area contributed by atoms with Gasteiger partial charge in [0.1, 0.15) is 5.76 Å². The number of hydrogen-bond donors (Lipinski definition) is 0. The van der Waals surface area contributed by atoms with Crippen molar-refractivity contribution in [3.63, 3.8) is 0 Å². The Balaban J connectivity index is 2.54.